The van der Waals surface area contributed by atoms with Crippen LogP contribution in [0.4, 0.5) is 0 Å². The number of carbonyl (C=O) groups is 1. The summed E-state index contributed by atoms with van der Waals surface area (Å²) in [7, 11) is 3.53. The Bertz CT molecular complexity index is 558. The monoisotopic (exact) mass is 274 g/mol. The van der Waals surface area contributed by atoms with Crippen LogP contribution in [0.1, 0.15) is 17.5 Å². The maximum Gasteiger partial charge on any atom is 0.228 e. The minimum atomic E-state index is 0.0854. The molecule has 0 bridgehead atoms. The van der Waals surface area contributed by atoms with Crippen molar-refractivity contribution in [2.24, 2.45) is 0 Å². The zero-order chi connectivity index (χ0) is 13.8. The second kappa shape index (κ2) is 5.97. The van der Waals surface area contributed by atoms with Crippen molar-refractivity contribution in [2.45, 2.75) is 19.8 Å². The standard InChI is InChI=1S/C15H18N2OS/c1-4-11-5-7-12(8-6-11)13-10-19-14(16-13)9-15(18)17(2)3/h5-8,10H,4,9H2,1-3H3. The minimum Gasteiger partial charge on any atom is -0.348 e. The Morgan fingerprint density at radius 3 is 2.53 bits per heavy atom. The molecule has 0 unspecified atom stereocenters. The Hall–Kier alpha value is -1.68. The number of hydrogen-bond acceptors (Lipinski definition) is 3. The normalized spacial score (nSPS) is 10.5. The molecule has 1 aromatic carbocycles. The van der Waals surface area contributed by atoms with Gasteiger partial charge in [0.05, 0.1) is 12.1 Å². The van der Waals surface area contributed by atoms with Crippen molar-refractivity contribution < 1.29 is 4.79 Å². The lowest BCUT2D eigenvalue weighted by molar-refractivity contribution is -0.127. The molecule has 0 fully saturated rings. The third kappa shape index (κ3) is 3.41. The van der Waals surface area contributed by atoms with Crippen LogP contribution in [0.5, 0.6) is 0 Å². The number of amides is 1. The van der Waals surface area contributed by atoms with E-state index in [4.69, 9.17) is 0 Å². The van der Waals surface area contributed by atoms with E-state index in [1.165, 1.54) is 5.56 Å². The third-order valence-corrected chi connectivity index (χ3v) is 3.86. The average molecular weight is 274 g/mol. The first kappa shape index (κ1) is 13.7. The van der Waals surface area contributed by atoms with E-state index >= 15 is 0 Å². The highest BCUT2D eigenvalue weighted by molar-refractivity contribution is 7.10. The van der Waals surface area contributed by atoms with Crippen LogP contribution in [-0.4, -0.2) is 29.9 Å². The summed E-state index contributed by atoms with van der Waals surface area (Å²) in [4.78, 5) is 17.8. The maximum atomic E-state index is 11.6. The molecule has 0 saturated carbocycles. The summed E-state index contributed by atoms with van der Waals surface area (Å²) >= 11 is 1.54. The number of benzene rings is 1. The van der Waals surface area contributed by atoms with Gasteiger partial charge in [-0.05, 0) is 12.0 Å². The molecule has 19 heavy (non-hydrogen) atoms. The van der Waals surface area contributed by atoms with Gasteiger partial charge in [-0.15, -0.1) is 11.3 Å². The number of hydrogen-bond donors (Lipinski definition) is 0. The van der Waals surface area contributed by atoms with Crippen molar-refractivity contribution in [1.29, 1.82) is 0 Å². The van der Waals surface area contributed by atoms with E-state index < -0.39 is 0 Å². The van der Waals surface area contributed by atoms with E-state index in [0.29, 0.717) is 6.42 Å². The van der Waals surface area contributed by atoms with Gasteiger partial charge in [0.25, 0.3) is 0 Å². The van der Waals surface area contributed by atoms with E-state index in [-0.39, 0.29) is 5.91 Å². The van der Waals surface area contributed by atoms with Crippen LogP contribution in [-0.2, 0) is 17.6 Å². The van der Waals surface area contributed by atoms with Crippen LogP contribution in [0.3, 0.4) is 0 Å². The van der Waals surface area contributed by atoms with E-state index in [1.54, 1.807) is 30.3 Å². The molecule has 4 heteroatoms. The Kier molecular flexibility index (Phi) is 4.32. The van der Waals surface area contributed by atoms with Crippen LogP contribution >= 0.6 is 11.3 Å². The molecule has 1 amide bonds. The summed E-state index contributed by atoms with van der Waals surface area (Å²) in [6.45, 7) is 2.14. The average Bonchev–Trinajstić information content (AvgIpc) is 2.87. The van der Waals surface area contributed by atoms with Crippen LogP contribution in [0.2, 0.25) is 0 Å². The summed E-state index contributed by atoms with van der Waals surface area (Å²) in [6, 6.07) is 8.43. The predicted molar refractivity (Wildman–Crippen MR) is 79.3 cm³/mol. The quantitative estimate of drug-likeness (QED) is 0.858. The minimum absolute atomic E-state index is 0.0854. The number of thiazole rings is 1. The number of likely N-dealkylation sites (N-methyl/N-ethyl adjacent to an activating group) is 1. The summed E-state index contributed by atoms with van der Waals surface area (Å²) in [5.74, 6) is 0.0854. The summed E-state index contributed by atoms with van der Waals surface area (Å²) < 4.78 is 0. The fourth-order valence-corrected chi connectivity index (χ4v) is 2.52. The maximum absolute atomic E-state index is 11.6. The van der Waals surface area contributed by atoms with Crippen molar-refractivity contribution >= 4 is 17.2 Å². The van der Waals surface area contributed by atoms with Gasteiger partial charge in [-0.3, -0.25) is 4.79 Å². The molecule has 0 N–H and O–H groups in total. The molecular formula is C15H18N2OS. The molecule has 0 aliphatic carbocycles. The first-order chi connectivity index (χ1) is 9.10. The molecule has 3 nitrogen and oxygen atoms in total. The van der Waals surface area contributed by atoms with Crippen LogP contribution in [0, 0.1) is 0 Å². The third-order valence-electron chi connectivity index (χ3n) is 3.01. The predicted octanol–water partition coefficient (Wildman–Crippen LogP) is 3.00. The lowest BCUT2D eigenvalue weighted by Crippen LogP contribution is -2.23. The van der Waals surface area contributed by atoms with E-state index in [0.717, 1.165) is 22.7 Å². The Morgan fingerprint density at radius 1 is 1.26 bits per heavy atom. The largest absolute Gasteiger partial charge is 0.348 e. The van der Waals surface area contributed by atoms with Gasteiger partial charge in [0, 0.05) is 25.0 Å². The molecule has 0 atom stereocenters. The lowest BCUT2D eigenvalue weighted by atomic mass is 10.1. The Balaban J connectivity index is 2.13. The van der Waals surface area contributed by atoms with Gasteiger partial charge in [0.1, 0.15) is 5.01 Å². The second-order valence-electron chi connectivity index (χ2n) is 4.64. The van der Waals surface area contributed by atoms with Gasteiger partial charge in [-0.25, -0.2) is 4.98 Å². The molecule has 1 heterocycles. The van der Waals surface area contributed by atoms with Gasteiger partial charge in [0.15, 0.2) is 0 Å². The molecule has 0 spiro atoms. The number of aromatic nitrogens is 1. The zero-order valence-corrected chi connectivity index (χ0v) is 12.3. The summed E-state index contributed by atoms with van der Waals surface area (Å²) in [6.07, 6.45) is 1.42. The molecule has 1 aromatic heterocycles. The van der Waals surface area contributed by atoms with Crippen LogP contribution in [0.15, 0.2) is 29.6 Å². The van der Waals surface area contributed by atoms with Crippen molar-refractivity contribution in [3.05, 3.63) is 40.2 Å². The van der Waals surface area contributed by atoms with E-state index in [2.05, 4.69) is 36.2 Å². The van der Waals surface area contributed by atoms with Crippen LogP contribution in [0.25, 0.3) is 11.3 Å². The molecule has 100 valence electrons. The van der Waals surface area contributed by atoms with Gasteiger partial charge in [-0.2, -0.15) is 0 Å². The van der Waals surface area contributed by atoms with E-state index in [9.17, 15) is 4.79 Å². The molecule has 0 aliphatic heterocycles. The van der Waals surface area contributed by atoms with Gasteiger partial charge >= 0.3 is 0 Å². The van der Waals surface area contributed by atoms with Crippen molar-refractivity contribution in [3.8, 4) is 11.3 Å². The van der Waals surface area contributed by atoms with Gasteiger partial charge in [0.2, 0.25) is 5.91 Å². The first-order valence-electron chi connectivity index (χ1n) is 6.34. The lowest BCUT2D eigenvalue weighted by Gasteiger charge is -2.07. The fourth-order valence-electron chi connectivity index (χ4n) is 1.72. The van der Waals surface area contributed by atoms with E-state index in [1.807, 2.05) is 5.38 Å². The Labute approximate surface area is 117 Å². The molecule has 0 radical (unpaired) electrons. The number of rotatable bonds is 4. The summed E-state index contributed by atoms with van der Waals surface area (Å²) in [5, 5.41) is 2.88. The molecule has 2 rings (SSSR count). The van der Waals surface area contributed by atoms with Crippen LogP contribution < -0.4 is 0 Å². The fraction of sp³-hybridized carbons (Fsp3) is 0.333. The van der Waals surface area contributed by atoms with Crippen molar-refractivity contribution in [1.82, 2.24) is 9.88 Å². The second-order valence-corrected chi connectivity index (χ2v) is 5.58. The first-order valence-corrected chi connectivity index (χ1v) is 7.22. The SMILES string of the molecule is CCc1ccc(-c2csc(CC(=O)N(C)C)n2)cc1. The number of nitrogens with zero attached hydrogens (tertiary/aromatic N) is 2. The molecule has 0 aliphatic rings. The number of aryl methyl sites for hydroxylation is 1. The highest BCUT2D eigenvalue weighted by Gasteiger charge is 2.10. The van der Waals surface area contributed by atoms with Crippen molar-refractivity contribution in [2.75, 3.05) is 14.1 Å². The van der Waals surface area contributed by atoms with Crippen molar-refractivity contribution in [3.63, 3.8) is 0 Å². The zero-order valence-electron chi connectivity index (χ0n) is 11.5. The molecule has 0 saturated heterocycles. The Morgan fingerprint density at radius 2 is 1.95 bits per heavy atom. The summed E-state index contributed by atoms with van der Waals surface area (Å²) in [5.41, 5.74) is 3.38. The smallest absolute Gasteiger partial charge is 0.228 e. The molecular weight excluding hydrogens is 256 g/mol. The topological polar surface area (TPSA) is 33.2 Å². The highest BCUT2D eigenvalue weighted by atomic mass is 32.1. The number of carbonyl (C=O) groups excluding carboxylic acids is 1. The molecule has 2 aromatic rings. The highest BCUT2D eigenvalue weighted by Crippen LogP contribution is 2.22. The van der Waals surface area contributed by atoms with Gasteiger partial charge < -0.3 is 4.90 Å². The van der Waals surface area contributed by atoms with Gasteiger partial charge in [-0.1, -0.05) is 31.2 Å².